The van der Waals surface area contributed by atoms with Gasteiger partial charge in [0.15, 0.2) is 16.3 Å². The van der Waals surface area contributed by atoms with E-state index < -0.39 is 10.0 Å². The van der Waals surface area contributed by atoms with Crippen LogP contribution in [-0.4, -0.2) is 44.6 Å². The lowest BCUT2D eigenvalue weighted by Crippen LogP contribution is -2.22. The summed E-state index contributed by atoms with van der Waals surface area (Å²) in [6, 6.07) is 10.5. The molecule has 0 saturated carbocycles. The molecular formula is C20H21BrClN3O4S2. The number of thiazole rings is 1. The zero-order valence-corrected chi connectivity index (χ0v) is 21.1. The Bertz CT molecular complexity index is 1290. The van der Waals surface area contributed by atoms with Crippen LogP contribution in [0.1, 0.15) is 0 Å². The van der Waals surface area contributed by atoms with E-state index in [0.717, 1.165) is 20.5 Å². The van der Waals surface area contributed by atoms with Gasteiger partial charge in [-0.3, -0.25) is 0 Å². The summed E-state index contributed by atoms with van der Waals surface area (Å²) < 4.78 is 39.4. The van der Waals surface area contributed by atoms with Crippen molar-refractivity contribution in [2.45, 2.75) is 4.90 Å². The maximum atomic E-state index is 12.6. The molecule has 0 amide bonds. The van der Waals surface area contributed by atoms with Crippen molar-refractivity contribution < 1.29 is 17.9 Å². The van der Waals surface area contributed by atoms with Crippen LogP contribution >= 0.6 is 39.9 Å². The largest absolute Gasteiger partial charge is 0.486 e. The Balaban J connectivity index is 0.00000272. The van der Waals surface area contributed by atoms with Crippen LogP contribution in [0.3, 0.4) is 0 Å². The molecule has 166 valence electrons. The molecule has 1 aliphatic heterocycles. The second-order valence-corrected chi connectivity index (χ2v) is 10.1. The number of sulfonamides is 1. The van der Waals surface area contributed by atoms with Gasteiger partial charge in [-0.2, -0.15) is 0 Å². The number of aromatic nitrogens is 1. The number of fused-ring (bicyclic) bond motifs is 1. The highest BCUT2D eigenvalue weighted by Gasteiger charge is 2.23. The maximum absolute atomic E-state index is 12.6. The minimum Gasteiger partial charge on any atom is -0.486 e. The molecule has 0 atom stereocenters. The molecule has 0 fully saturated rings. The molecule has 2 heterocycles. The molecule has 4 rings (SSSR count). The van der Waals surface area contributed by atoms with Crippen molar-refractivity contribution in [3.63, 3.8) is 0 Å². The summed E-state index contributed by atoms with van der Waals surface area (Å²) in [4.78, 5) is 5.51. The van der Waals surface area contributed by atoms with Gasteiger partial charge in [-0.15, -0.1) is 28.3 Å². The Labute approximate surface area is 200 Å². The molecular weight excluding hydrogens is 526 g/mol. The summed E-state index contributed by atoms with van der Waals surface area (Å²) >= 11 is 7.95. The van der Waals surface area contributed by atoms with E-state index in [0.29, 0.717) is 30.3 Å². The monoisotopic (exact) mass is 545 g/mol. The molecule has 11 heteroatoms. The van der Waals surface area contributed by atoms with Crippen molar-refractivity contribution in [1.82, 2.24) is 8.87 Å². The van der Waals surface area contributed by atoms with Gasteiger partial charge in [0.1, 0.15) is 18.1 Å². The minimum atomic E-state index is -3.66. The average molecular weight is 547 g/mol. The zero-order valence-electron chi connectivity index (χ0n) is 17.0. The van der Waals surface area contributed by atoms with Crippen LogP contribution in [0.2, 0.25) is 5.02 Å². The fourth-order valence-electron chi connectivity index (χ4n) is 3.03. The highest BCUT2D eigenvalue weighted by atomic mass is 79.9. The first-order valence-electron chi connectivity index (χ1n) is 9.09. The number of hydrogen-bond acceptors (Lipinski definition) is 6. The second-order valence-electron chi connectivity index (χ2n) is 6.81. The van der Waals surface area contributed by atoms with E-state index in [9.17, 15) is 8.42 Å². The predicted molar refractivity (Wildman–Crippen MR) is 128 cm³/mol. The molecule has 31 heavy (non-hydrogen) atoms. The van der Waals surface area contributed by atoms with E-state index in [4.69, 9.17) is 26.1 Å². The SMILES string of the molecule is Br.CN(C)S(=O)(=O)c1cccc(-c2cs/c(=N/c3ccc4c(c3)OCCO4)n2C)c1Cl. The number of hydrogen-bond donors (Lipinski definition) is 0. The Kier molecular flexibility index (Phi) is 7.17. The van der Waals surface area contributed by atoms with Crippen LogP contribution in [0.25, 0.3) is 11.3 Å². The lowest BCUT2D eigenvalue weighted by Gasteiger charge is -2.18. The van der Waals surface area contributed by atoms with Gasteiger partial charge in [-0.1, -0.05) is 23.7 Å². The third kappa shape index (κ3) is 4.54. The molecule has 0 bridgehead atoms. The molecule has 0 N–H and O–H groups in total. The van der Waals surface area contributed by atoms with E-state index in [1.165, 1.54) is 31.5 Å². The van der Waals surface area contributed by atoms with Crippen molar-refractivity contribution in [3.8, 4) is 22.8 Å². The molecule has 3 aromatic rings. The highest BCUT2D eigenvalue weighted by molar-refractivity contribution is 8.93. The van der Waals surface area contributed by atoms with Crippen molar-refractivity contribution in [2.24, 2.45) is 12.0 Å². The number of nitrogens with zero attached hydrogens (tertiary/aromatic N) is 3. The fourth-order valence-corrected chi connectivity index (χ4v) is 5.44. The lowest BCUT2D eigenvalue weighted by atomic mass is 10.2. The van der Waals surface area contributed by atoms with Crippen LogP contribution in [0.4, 0.5) is 5.69 Å². The van der Waals surface area contributed by atoms with Gasteiger partial charge < -0.3 is 14.0 Å². The first-order chi connectivity index (χ1) is 14.3. The van der Waals surface area contributed by atoms with Crippen molar-refractivity contribution >= 4 is 55.6 Å². The third-order valence-electron chi connectivity index (χ3n) is 4.67. The van der Waals surface area contributed by atoms with E-state index in [1.54, 1.807) is 12.1 Å². The standard InChI is InChI=1S/C20H20ClN3O4S2.BrH/c1-23(2)30(25,26)18-6-4-5-14(19(18)21)15-12-29-20(24(15)3)22-13-7-8-16-17(11-13)28-10-9-27-16;/h4-8,11-12H,9-10H2,1-3H3;1H/b22-20+;. The lowest BCUT2D eigenvalue weighted by molar-refractivity contribution is 0.171. The van der Waals surface area contributed by atoms with E-state index in [1.807, 2.05) is 35.2 Å². The van der Waals surface area contributed by atoms with Crippen molar-refractivity contribution in [1.29, 1.82) is 0 Å². The van der Waals surface area contributed by atoms with Crippen molar-refractivity contribution in [3.05, 3.63) is 51.6 Å². The van der Waals surface area contributed by atoms with E-state index in [2.05, 4.69) is 0 Å². The van der Waals surface area contributed by atoms with Gasteiger partial charge in [-0.05, 0) is 18.2 Å². The summed E-state index contributed by atoms with van der Waals surface area (Å²) in [5.74, 6) is 1.38. The number of benzene rings is 2. The predicted octanol–water partition coefficient (Wildman–Crippen LogP) is 4.24. The molecule has 0 aliphatic carbocycles. The summed E-state index contributed by atoms with van der Waals surface area (Å²) in [5.41, 5.74) is 2.14. The molecule has 0 radical (unpaired) electrons. The molecule has 1 aromatic heterocycles. The topological polar surface area (TPSA) is 73.1 Å². The number of ether oxygens (including phenoxy) is 2. The van der Waals surface area contributed by atoms with Crippen LogP contribution in [0.5, 0.6) is 11.5 Å². The fraction of sp³-hybridized carbons (Fsp3) is 0.250. The van der Waals surface area contributed by atoms with Gasteiger partial charge in [0, 0.05) is 38.2 Å². The van der Waals surface area contributed by atoms with Gasteiger partial charge in [0.05, 0.1) is 16.4 Å². The van der Waals surface area contributed by atoms with Crippen molar-refractivity contribution in [2.75, 3.05) is 27.3 Å². The third-order valence-corrected chi connectivity index (χ3v) is 7.97. The normalized spacial score (nSPS) is 13.9. The summed E-state index contributed by atoms with van der Waals surface area (Å²) in [5, 5.41) is 2.09. The first-order valence-corrected chi connectivity index (χ1v) is 11.8. The highest BCUT2D eigenvalue weighted by Crippen LogP contribution is 2.35. The molecule has 7 nitrogen and oxygen atoms in total. The molecule has 2 aromatic carbocycles. The van der Waals surface area contributed by atoms with Crippen LogP contribution in [-0.2, 0) is 17.1 Å². The van der Waals surface area contributed by atoms with Crippen LogP contribution < -0.4 is 14.3 Å². The maximum Gasteiger partial charge on any atom is 0.244 e. The first kappa shape index (κ1) is 23.8. The van der Waals surface area contributed by atoms with Gasteiger partial charge >= 0.3 is 0 Å². The Morgan fingerprint density at radius 3 is 2.55 bits per heavy atom. The van der Waals surface area contributed by atoms with E-state index in [-0.39, 0.29) is 26.9 Å². The summed E-state index contributed by atoms with van der Waals surface area (Å²) in [7, 11) is 1.17. The van der Waals surface area contributed by atoms with Gasteiger partial charge in [-0.25, -0.2) is 17.7 Å². The molecule has 0 unspecified atom stereocenters. The smallest absolute Gasteiger partial charge is 0.244 e. The molecule has 1 aliphatic rings. The Morgan fingerprint density at radius 2 is 1.84 bits per heavy atom. The number of halogens is 2. The van der Waals surface area contributed by atoms with Gasteiger partial charge in [0.2, 0.25) is 10.0 Å². The minimum absolute atomic E-state index is 0. The van der Waals surface area contributed by atoms with E-state index >= 15 is 0 Å². The number of rotatable bonds is 4. The molecule has 0 saturated heterocycles. The molecule has 0 spiro atoms. The van der Waals surface area contributed by atoms with Gasteiger partial charge in [0.25, 0.3) is 0 Å². The quantitative estimate of drug-likeness (QED) is 0.491. The Morgan fingerprint density at radius 1 is 1.13 bits per heavy atom. The van der Waals surface area contributed by atoms with Crippen LogP contribution in [0, 0.1) is 0 Å². The Hall–Kier alpha value is -1.85. The summed E-state index contributed by atoms with van der Waals surface area (Å²) in [6.45, 7) is 1.05. The average Bonchev–Trinajstić information content (AvgIpc) is 3.08. The van der Waals surface area contributed by atoms with Crippen LogP contribution in [0.15, 0.2) is 51.7 Å². The summed E-state index contributed by atoms with van der Waals surface area (Å²) in [6.07, 6.45) is 0. The zero-order chi connectivity index (χ0) is 21.5. The second kappa shape index (κ2) is 9.33.